The number of nitrogens with zero attached hydrogens (tertiary/aromatic N) is 4. The molecular weight excluding hydrogens is 547 g/mol. The smallest absolute Gasteiger partial charge is 0.492 e. The molecule has 2 aliphatic heterocycles. The molecule has 220 valence electrons. The molecule has 0 saturated carbocycles. The van der Waals surface area contributed by atoms with Gasteiger partial charge in [0.15, 0.2) is 5.60 Å². The van der Waals surface area contributed by atoms with Gasteiger partial charge in [-0.25, -0.2) is 0 Å². The number of hydrogen-bond acceptors (Lipinski definition) is 9. The van der Waals surface area contributed by atoms with Gasteiger partial charge in [0.05, 0.1) is 6.54 Å². The van der Waals surface area contributed by atoms with Crippen LogP contribution in [0.1, 0.15) is 19.8 Å². The molecular formula is C27H30F3N5O6. The maximum Gasteiger partial charge on any atom is 0.573 e. The Balaban J connectivity index is 0.991. The fourth-order valence-corrected chi connectivity index (χ4v) is 4.86. The van der Waals surface area contributed by atoms with Crippen molar-refractivity contribution in [1.82, 2.24) is 14.9 Å². The van der Waals surface area contributed by atoms with Gasteiger partial charge in [-0.1, -0.05) is 0 Å². The lowest BCUT2D eigenvalue weighted by Crippen LogP contribution is -2.43. The number of imidazole rings is 1. The molecule has 1 fully saturated rings. The summed E-state index contributed by atoms with van der Waals surface area (Å²) in [6.07, 6.45) is -1.42. The lowest BCUT2D eigenvalue weighted by Gasteiger charge is -2.34. The van der Waals surface area contributed by atoms with Crippen molar-refractivity contribution in [3.8, 4) is 23.3 Å². The number of nitro groups is 1. The molecule has 0 aliphatic carbocycles. The van der Waals surface area contributed by atoms with Gasteiger partial charge in [0.1, 0.15) is 36.7 Å². The summed E-state index contributed by atoms with van der Waals surface area (Å²) in [5.74, 6) is 0.661. The lowest BCUT2D eigenvalue weighted by molar-refractivity contribution is -0.389. The van der Waals surface area contributed by atoms with Crippen LogP contribution >= 0.6 is 0 Å². The van der Waals surface area contributed by atoms with Crippen LogP contribution in [0.25, 0.3) is 0 Å². The van der Waals surface area contributed by atoms with Crippen LogP contribution in [-0.4, -0.2) is 65.3 Å². The molecule has 14 heteroatoms. The highest BCUT2D eigenvalue weighted by atomic mass is 19.4. The average molecular weight is 578 g/mol. The molecule has 1 aromatic heterocycles. The summed E-state index contributed by atoms with van der Waals surface area (Å²) in [5, 5.41) is 14.4. The first kappa shape index (κ1) is 28.3. The second-order valence-corrected chi connectivity index (χ2v) is 10.2. The van der Waals surface area contributed by atoms with Gasteiger partial charge >= 0.3 is 18.2 Å². The minimum atomic E-state index is -4.71. The number of hydrogen-bond donors (Lipinski definition) is 1. The van der Waals surface area contributed by atoms with Crippen molar-refractivity contribution >= 4 is 11.5 Å². The minimum Gasteiger partial charge on any atom is -0.492 e. The molecule has 41 heavy (non-hydrogen) atoms. The third kappa shape index (κ3) is 7.51. The number of alkyl halides is 3. The molecule has 5 rings (SSSR count). The first-order valence-electron chi connectivity index (χ1n) is 13.2. The monoisotopic (exact) mass is 577 g/mol. The number of rotatable bonds is 11. The zero-order valence-corrected chi connectivity index (χ0v) is 22.3. The summed E-state index contributed by atoms with van der Waals surface area (Å²) in [6, 6.07) is 13.8. The van der Waals surface area contributed by atoms with E-state index in [-0.39, 0.29) is 24.2 Å². The summed E-state index contributed by atoms with van der Waals surface area (Å²) in [7, 11) is 0. The molecule has 1 N–H and O–H groups in total. The van der Waals surface area contributed by atoms with Crippen LogP contribution in [0.4, 0.5) is 24.7 Å². The van der Waals surface area contributed by atoms with Crippen LogP contribution < -0.4 is 29.2 Å². The number of nitrogens with one attached hydrogen (secondary N) is 1. The Kier molecular flexibility index (Phi) is 8.10. The van der Waals surface area contributed by atoms with Crippen molar-refractivity contribution in [1.29, 1.82) is 0 Å². The fourth-order valence-electron chi connectivity index (χ4n) is 4.86. The largest absolute Gasteiger partial charge is 0.573 e. The van der Waals surface area contributed by atoms with Crippen LogP contribution in [-0.2, 0) is 6.54 Å². The molecule has 0 spiro atoms. The predicted molar refractivity (Wildman–Crippen MR) is 142 cm³/mol. The van der Waals surface area contributed by atoms with Crippen molar-refractivity contribution in [3.63, 3.8) is 0 Å². The molecule has 2 aromatic carbocycles. The third-order valence-electron chi connectivity index (χ3n) is 6.86. The summed E-state index contributed by atoms with van der Waals surface area (Å²) < 4.78 is 59.6. The molecule has 3 aromatic rings. The molecule has 1 atom stereocenters. The zero-order valence-electron chi connectivity index (χ0n) is 22.3. The molecule has 3 heterocycles. The van der Waals surface area contributed by atoms with Gasteiger partial charge < -0.3 is 39.3 Å². The van der Waals surface area contributed by atoms with Gasteiger partial charge in [-0.05, 0) is 73.2 Å². The molecule has 2 aliphatic rings. The second-order valence-electron chi connectivity index (χ2n) is 10.2. The van der Waals surface area contributed by atoms with E-state index in [1.165, 1.54) is 30.5 Å². The van der Waals surface area contributed by atoms with Gasteiger partial charge in [-0.2, -0.15) is 0 Å². The van der Waals surface area contributed by atoms with Crippen molar-refractivity contribution in [2.75, 3.05) is 37.7 Å². The Hall–Kier alpha value is -4.20. The topological polar surface area (TPSA) is 113 Å². The van der Waals surface area contributed by atoms with E-state index in [0.717, 1.165) is 31.6 Å². The first-order valence-corrected chi connectivity index (χ1v) is 13.2. The van der Waals surface area contributed by atoms with Gasteiger partial charge in [-0.15, -0.1) is 13.2 Å². The molecule has 11 nitrogen and oxygen atoms in total. The third-order valence-corrected chi connectivity index (χ3v) is 6.86. The zero-order chi connectivity index (χ0) is 29.0. The standard InChI is InChI=1S/C27H30F3N5O6/c1-26(17-34-16-24(35(36)37)32-25(34)41-26)18-39-22-4-2-20(3-5-22)33-13-10-19(11-14-33)31-12-15-38-21-6-8-23(9-7-21)40-27(28,29)30/h2-9,16,19,31H,10-15,17-18H2,1H3/t26-/m1/s1. The molecule has 0 radical (unpaired) electrons. The predicted octanol–water partition coefficient (Wildman–Crippen LogP) is 4.56. The molecule has 1 saturated heterocycles. The maximum atomic E-state index is 12.3. The molecule has 0 amide bonds. The molecule has 0 unspecified atom stereocenters. The number of halogens is 3. The summed E-state index contributed by atoms with van der Waals surface area (Å²) in [6.45, 7) is 5.35. The number of ether oxygens (including phenoxy) is 4. The Morgan fingerprint density at radius 2 is 1.71 bits per heavy atom. The van der Waals surface area contributed by atoms with E-state index in [4.69, 9.17) is 14.2 Å². The SMILES string of the molecule is C[C@]1(COc2ccc(N3CCC(NCCOc4ccc(OC(F)(F)F)cc4)CC3)cc2)Cn2cc([N+](=O)[O-])nc2O1. The van der Waals surface area contributed by atoms with Crippen LogP contribution in [0.2, 0.25) is 0 Å². The highest BCUT2D eigenvalue weighted by molar-refractivity contribution is 5.49. The van der Waals surface area contributed by atoms with Crippen molar-refractivity contribution in [2.45, 2.75) is 44.3 Å². The maximum absolute atomic E-state index is 12.3. The number of aromatic nitrogens is 2. The lowest BCUT2D eigenvalue weighted by atomic mass is 10.0. The normalized spacial score (nSPS) is 19.0. The van der Waals surface area contributed by atoms with Crippen LogP contribution in [0.15, 0.2) is 54.7 Å². The van der Waals surface area contributed by atoms with Crippen molar-refractivity contribution in [3.05, 3.63) is 64.8 Å². The second kappa shape index (κ2) is 11.7. The number of piperidine rings is 1. The quantitative estimate of drug-likeness (QED) is 0.199. The van der Waals surface area contributed by atoms with E-state index in [2.05, 4.69) is 19.9 Å². The minimum absolute atomic E-state index is 0.219. The van der Waals surface area contributed by atoms with E-state index in [1.807, 2.05) is 31.2 Å². The van der Waals surface area contributed by atoms with E-state index in [9.17, 15) is 23.3 Å². The highest BCUT2D eigenvalue weighted by Crippen LogP contribution is 2.32. The first-order chi connectivity index (χ1) is 19.6. The van der Waals surface area contributed by atoms with Gasteiger partial charge in [0, 0.05) is 36.3 Å². The van der Waals surface area contributed by atoms with Gasteiger partial charge in [0.2, 0.25) is 0 Å². The Morgan fingerprint density at radius 3 is 2.34 bits per heavy atom. The Morgan fingerprint density at radius 1 is 1.07 bits per heavy atom. The highest BCUT2D eigenvalue weighted by Gasteiger charge is 2.41. The van der Waals surface area contributed by atoms with E-state index in [0.29, 0.717) is 37.2 Å². The van der Waals surface area contributed by atoms with Gasteiger partial charge in [0.25, 0.3) is 0 Å². The number of fused-ring (bicyclic) bond motifs is 1. The summed E-state index contributed by atoms with van der Waals surface area (Å²) in [4.78, 5) is 16.5. The fraction of sp³-hybridized carbons (Fsp3) is 0.444. The Bertz CT molecular complexity index is 1300. The Labute approximate surface area is 233 Å². The summed E-state index contributed by atoms with van der Waals surface area (Å²) in [5.41, 5.74) is 0.430. The van der Waals surface area contributed by atoms with Crippen molar-refractivity contribution in [2.24, 2.45) is 0 Å². The van der Waals surface area contributed by atoms with E-state index in [1.54, 1.807) is 4.57 Å². The van der Waals surface area contributed by atoms with Crippen molar-refractivity contribution < 1.29 is 37.0 Å². The van der Waals surface area contributed by atoms with E-state index >= 15 is 0 Å². The van der Waals surface area contributed by atoms with Crippen LogP contribution in [0, 0.1) is 10.1 Å². The number of benzene rings is 2. The van der Waals surface area contributed by atoms with Crippen LogP contribution in [0.3, 0.4) is 0 Å². The van der Waals surface area contributed by atoms with E-state index < -0.39 is 16.9 Å². The molecule has 0 bridgehead atoms. The van der Waals surface area contributed by atoms with Crippen LogP contribution in [0.5, 0.6) is 23.3 Å². The average Bonchev–Trinajstić information content (AvgIpc) is 3.46. The van der Waals surface area contributed by atoms with Gasteiger partial charge in [-0.3, -0.25) is 4.57 Å². The summed E-state index contributed by atoms with van der Waals surface area (Å²) >= 11 is 0. The number of anilines is 1.